The maximum atomic E-state index is 5.33. The summed E-state index contributed by atoms with van der Waals surface area (Å²) in [6, 6.07) is 24.2. The molecule has 0 saturated heterocycles. The SMILES string of the molecule is c1ccc(CN(c2ccccc2)c2cnnc(NCc3ccco3)n2)cc1. The monoisotopic (exact) mass is 357 g/mol. The summed E-state index contributed by atoms with van der Waals surface area (Å²) in [5, 5.41) is 11.4. The van der Waals surface area contributed by atoms with E-state index in [4.69, 9.17) is 4.42 Å². The van der Waals surface area contributed by atoms with E-state index in [1.165, 1.54) is 5.56 Å². The van der Waals surface area contributed by atoms with Crippen molar-refractivity contribution in [1.29, 1.82) is 0 Å². The van der Waals surface area contributed by atoms with Crippen molar-refractivity contribution in [3.8, 4) is 0 Å². The number of hydrogen-bond donors (Lipinski definition) is 1. The zero-order valence-corrected chi connectivity index (χ0v) is 14.7. The molecule has 2 aromatic heterocycles. The fraction of sp³-hybridized carbons (Fsp3) is 0.0952. The normalized spacial score (nSPS) is 10.5. The zero-order chi connectivity index (χ0) is 18.3. The third-order valence-corrected chi connectivity index (χ3v) is 4.07. The van der Waals surface area contributed by atoms with E-state index >= 15 is 0 Å². The molecule has 6 nitrogen and oxygen atoms in total. The van der Waals surface area contributed by atoms with E-state index < -0.39 is 0 Å². The Bertz CT molecular complexity index is 958. The number of anilines is 3. The molecule has 0 aliphatic carbocycles. The van der Waals surface area contributed by atoms with Gasteiger partial charge in [0.25, 0.3) is 0 Å². The first-order valence-electron chi connectivity index (χ1n) is 8.71. The van der Waals surface area contributed by atoms with Gasteiger partial charge in [0.1, 0.15) is 5.76 Å². The van der Waals surface area contributed by atoms with Gasteiger partial charge < -0.3 is 14.6 Å². The molecule has 6 heteroatoms. The van der Waals surface area contributed by atoms with Crippen molar-refractivity contribution in [2.45, 2.75) is 13.1 Å². The van der Waals surface area contributed by atoms with Crippen LogP contribution in [0.25, 0.3) is 0 Å². The fourth-order valence-electron chi connectivity index (χ4n) is 2.76. The Morgan fingerprint density at radius 3 is 2.41 bits per heavy atom. The van der Waals surface area contributed by atoms with Crippen LogP contribution in [-0.4, -0.2) is 15.2 Å². The second kappa shape index (κ2) is 8.14. The van der Waals surface area contributed by atoms with Gasteiger partial charge in [0.05, 0.1) is 19.0 Å². The Kier molecular flexibility index (Phi) is 5.06. The Morgan fingerprint density at radius 2 is 1.67 bits per heavy atom. The summed E-state index contributed by atoms with van der Waals surface area (Å²) in [4.78, 5) is 6.76. The highest BCUT2D eigenvalue weighted by Crippen LogP contribution is 2.25. The summed E-state index contributed by atoms with van der Waals surface area (Å²) < 4.78 is 5.33. The van der Waals surface area contributed by atoms with Gasteiger partial charge in [-0.3, -0.25) is 0 Å². The van der Waals surface area contributed by atoms with E-state index in [2.05, 4.69) is 49.7 Å². The largest absolute Gasteiger partial charge is 0.467 e. The number of hydrogen-bond acceptors (Lipinski definition) is 6. The van der Waals surface area contributed by atoms with Crippen LogP contribution < -0.4 is 10.2 Å². The lowest BCUT2D eigenvalue weighted by molar-refractivity contribution is 0.517. The lowest BCUT2D eigenvalue weighted by atomic mass is 10.2. The topological polar surface area (TPSA) is 67.1 Å². The van der Waals surface area contributed by atoms with Gasteiger partial charge in [-0.25, -0.2) is 0 Å². The molecule has 0 aliphatic rings. The molecular formula is C21H19N5O. The van der Waals surface area contributed by atoms with Crippen LogP contribution in [0.4, 0.5) is 17.5 Å². The minimum absolute atomic E-state index is 0.456. The molecule has 1 N–H and O–H groups in total. The third-order valence-electron chi connectivity index (χ3n) is 4.07. The first kappa shape index (κ1) is 16.8. The molecular weight excluding hydrogens is 338 g/mol. The number of para-hydroxylation sites is 1. The second-order valence-electron chi connectivity index (χ2n) is 5.98. The number of furan rings is 1. The van der Waals surface area contributed by atoms with Gasteiger partial charge in [-0.15, -0.1) is 5.10 Å². The van der Waals surface area contributed by atoms with Crippen molar-refractivity contribution in [1.82, 2.24) is 15.2 Å². The quantitative estimate of drug-likeness (QED) is 0.528. The van der Waals surface area contributed by atoms with Crippen LogP contribution in [0.2, 0.25) is 0 Å². The van der Waals surface area contributed by atoms with Gasteiger partial charge in [-0.2, -0.15) is 10.1 Å². The molecule has 0 unspecified atom stereocenters. The second-order valence-corrected chi connectivity index (χ2v) is 5.98. The fourth-order valence-corrected chi connectivity index (χ4v) is 2.76. The van der Waals surface area contributed by atoms with Gasteiger partial charge in [0.2, 0.25) is 5.95 Å². The molecule has 2 heterocycles. The number of nitrogens with one attached hydrogen (secondary N) is 1. The highest BCUT2D eigenvalue weighted by Gasteiger charge is 2.13. The summed E-state index contributed by atoms with van der Waals surface area (Å²) in [6.07, 6.45) is 3.32. The van der Waals surface area contributed by atoms with Crippen LogP contribution in [0, 0.1) is 0 Å². The van der Waals surface area contributed by atoms with Gasteiger partial charge in [-0.1, -0.05) is 48.5 Å². The highest BCUT2D eigenvalue weighted by atomic mass is 16.3. The average molecular weight is 357 g/mol. The summed E-state index contributed by atoms with van der Waals surface area (Å²) in [5.41, 5.74) is 2.23. The zero-order valence-electron chi connectivity index (χ0n) is 14.7. The summed E-state index contributed by atoms with van der Waals surface area (Å²) in [5.74, 6) is 1.99. The molecule has 134 valence electrons. The predicted octanol–water partition coefficient (Wildman–Crippen LogP) is 4.42. The number of nitrogens with zero attached hydrogens (tertiary/aromatic N) is 4. The van der Waals surface area contributed by atoms with Crippen LogP contribution in [0.3, 0.4) is 0 Å². The van der Waals surface area contributed by atoms with Crippen LogP contribution in [0.15, 0.2) is 89.7 Å². The van der Waals surface area contributed by atoms with E-state index in [1.807, 2.05) is 48.5 Å². The number of aromatic nitrogens is 3. The first-order valence-corrected chi connectivity index (χ1v) is 8.71. The van der Waals surface area contributed by atoms with Crippen LogP contribution in [-0.2, 0) is 13.1 Å². The van der Waals surface area contributed by atoms with E-state index in [9.17, 15) is 0 Å². The van der Waals surface area contributed by atoms with Gasteiger partial charge in [-0.05, 0) is 29.8 Å². The molecule has 0 atom stereocenters. The van der Waals surface area contributed by atoms with Gasteiger partial charge >= 0.3 is 0 Å². The lowest BCUT2D eigenvalue weighted by Crippen LogP contribution is -2.19. The van der Waals surface area contributed by atoms with Crippen molar-refractivity contribution in [2.24, 2.45) is 0 Å². The van der Waals surface area contributed by atoms with Crippen LogP contribution in [0.5, 0.6) is 0 Å². The molecule has 0 spiro atoms. The van der Waals surface area contributed by atoms with Crippen LogP contribution in [0.1, 0.15) is 11.3 Å². The maximum Gasteiger partial charge on any atom is 0.245 e. The molecule has 4 aromatic rings. The van der Waals surface area contributed by atoms with Gasteiger partial charge in [0, 0.05) is 12.2 Å². The van der Waals surface area contributed by atoms with E-state index in [1.54, 1.807) is 12.5 Å². The molecule has 0 aliphatic heterocycles. The smallest absolute Gasteiger partial charge is 0.245 e. The van der Waals surface area contributed by atoms with Crippen molar-refractivity contribution >= 4 is 17.5 Å². The molecule has 4 rings (SSSR count). The predicted molar refractivity (Wildman–Crippen MR) is 105 cm³/mol. The molecule has 0 fully saturated rings. The van der Waals surface area contributed by atoms with Crippen molar-refractivity contribution in [3.05, 3.63) is 96.6 Å². The van der Waals surface area contributed by atoms with Gasteiger partial charge in [0.15, 0.2) is 5.82 Å². The highest BCUT2D eigenvalue weighted by molar-refractivity contribution is 5.60. The molecule has 0 radical (unpaired) electrons. The minimum atomic E-state index is 0.456. The van der Waals surface area contributed by atoms with Crippen molar-refractivity contribution < 1.29 is 4.42 Å². The summed E-state index contributed by atoms with van der Waals surface area (Å²) >= 11 is 0. The van der Waals surface area contributed by atoms with E-state index in [0.29, 0.717) is 19.0 Å². The molecule has 27 heavy (non-hydrogen) atoms. The minimum Gasteiger partial charge on any atom is -0.467 e. The van der Waals surface area contributed by atoms with Crippen LogP contribution >= 0.6 is 0 Å². The van der Waals surface area contributed by atoms with E-state index in [-0.39, 0.29) is 0 Å². The summed E-state index contributed by atoms with van der Waals surface area (Å²) in [6.45, 7) is 1.18. The Morgan fingerprint density at radius 1 is 0.889 bits per heavy atom. The lowest BCUT2D eigenvalue weighted by Gasteiger charge is -2.24. The molecule has 0 amide bonds. The average Bonchev–Trinajstić information content (AvgIpc) is 3.26. The Balaban J connectivity index is 1.60. The summed E-state index contributed by atoms with van der Waals surface area (Å²) in [7, 11) is 0. The standard InChI is InChI=1S/C21H19N5O/c1-3-8-17(9-4-1)16-26(18-10-5-2-6-11-18)20-15-23-25-21(24-20)22-14-19-12-7-13-27-19/h1-13,15H,14,16H2,(H,22,24,25). The third kappa shape index (κ3) is 4.30. The number of rotatable bonds is 7. The molecule has 0 bridgehead atoms. The molecule has 2 aromatic carbocycles. The Hall–Kier alpha value is -3.67. The number of benzene rings is 2. The first-order chi connectivity index (χ1) is 13.4. The molecule has 0 saturated carbocycles. The van der Waals surface area contributed by atoms with Crippen molar-refractivity contribution in [2.75, 3.05) is 10.2 Å². The van der Waals surface area contributed by atoms with E-state index in [0.717, 1.165) is 17.3 Å². The van der Waals surface area contributed by atoms with Crippen molar-refractivity contribution in [3.63, 3.8) is 0 Å². The maximum absolute atomic E-state index is 5.33. The Labute approximate surface area is 157 Å².